The van der Waals surface area contributed by atoms with Crippen molar-refractivity contribution in [2.45, 2.75) is 0 Å². The third-order valence-electron chi connectivity index (χ3n) is 14.0. The zero-order valence-electron chi connectivity index (χ0n) is 37.4. The Morgan fingerprint density at radius 2 is 0.614 bits per heavy atom. The molecule has 15 aromatic rings. The molecule has 0 aliphatic rings. The molecule has 70 heavy (non-hydrogen) atoms. The van der Waals surface area contributed by atoms with Crippen LogP contribution in [-0.4, -0.2) is 24.1 Å². The van der Waals surface area contributed by atoms with E-state index >= 15 is 0 Å². The number of hydrogen-bond donors (Lipinski definition) is 0. The van der Waals surface area contributed by atoms with Gasteiger partial charge in [0, 0.05) is 71.2 Å². The van der Waals surface area contributed by atoms with Gasteiger partial charge in [0.05, 0.1) is 22.1 Å². The Morgan fingerprint density at radius 1 is 0.243 bits per heavy atom. The number of rotatable bonds is 6. The highest BCUT2D eigenvalue weighted by Gasteiger charge is 2.20. The standard InChI is InChI=1S/C63H37N5O2/c1-3-13-38(14-4-1)61-64-62(39-15-5-2-6-16-39)66-63(65-61)42-25-30-58-50(35-42)52-37-44(27-32-60(52)70-58)68-54-21-11-8-18-46(54)49-34-41(24-29-56(49)68)40-23-28-55-48(33-40)45-17-7-10-20-53(45)67(55)43-26-31-59-51(36-43)47-19-9-12-22-57(47)69-59/h1-37H. The van der Waals surface area contributed by atoms with Crippen LogP contribution in [0.5, 0.6) is 0 Å². The molecule has 0 saturated carbocycles. The Labute approximate surface area is 399 Å². The molecular weight excluding hydrogens is 859 g/mol. The van der Waals surface area contributed by atoms with Gasteiger partial charge in [-0.25, -0.2) is 15.0 Å². The normalized spacial score (nSPS) is 12.0. The van der Waals surface area contributed by atoms with Crippen molar-refractivity contribution < 1.29 is 8.83 Å². The topological polar surface area (TPSA) is 74.8 Å². The summed E-state index contributed by atoms with van der Waals surface area (Å²) in [7, 11) is 0. The van der Waals surface area contributed by atoms with Crippen molar-refractivity contribution in [2.24, 2.45) is 0 Å². The van der Waals surface area contributed by atoms with E-state index < -0.39 is 0 Å². The zero-order chi connectivity index (χ0) is 45.9. The summed E-state index contributed by atoms with van der Waals surface area (Å²) in [6.45, 7) is 0. The molecule has 0 aliphatic carbocycles. The highest BCUT2D eigenvalue weighted by Crippen LogP contribution is 2.41. The maximum Gasteiger partial charge on any atom is 0.164 e. The lowest BCUT2D eigenvalue weighted by Crippen LogP contribution is -2.00. The van der Waals surface area contributed by atoms with Crippen molar-refractivity contribution in [3.63, 3.8) is 0 Å². The van der Waals surface area contributed by atoms with Gasteiger partial charge in [0.1, 0.15) is 22.3 Å². The average molecular weight is 896 g/mol. The molecule has 5 heterocycles. The number of fused-ring (bicyclic) bond motifs is 12. The van der Waals surface area contributed by atoms with Crippen LogP contribution in [-0.2, 0) is 0 Å². The fourth-order valence-corrected chi connectivity index (χ4v) is 10.7. The predicted octanol–water partition coefficient (Wildman–Crippen LogP) is 16.5. The van der Waals surface area contributed by atoms with Crippen LogP contribution < -0.4 is 0 Å². The first-order valence-corrected chi connectivity index (χ1v) is 23.5. The molecule has 10 aromatic carbocycles. The second-order valence-electron chi connectivity index (χ2n) is 18.0. The predicted molar refractivity (Wildman–Crippen MR) is 285 cm³/mol. The minimum atomic E-state index is 0.601. The lowest BCUT2D eigenvalue weighted by Gasteiger charge is -2.10. The first-order chi connectivity index (χ1) is 34.7. The van der Waals surface area contributed by atoms with Gasteiger partial charge >= 0.3 is 0 Å². The summed E-state index contributed by atoms with van der Waals surface area (Å²) in [4.78, 5) is 15.0. The third kappa shape index (κ3) is 5.91. The van der Waals surface area contributed by atoms with E-state index in [9.17, 15) is 0 Å². The molecule has 0 unspecified atom stereocenters. The van der Waals surface area contributed by atoms with E-state index in [0.717, 1.165) is 99.6 Å². The molecule has 0 amide bonds. The van der Waals surface area contributed by atoms with Gasteiger partial charge in [0.25, 0.3) is 0 Å². The van der Waals surface area contributed by atoms with Crippen molar-refractivity contribution >= 4 is 87.5 Å². The van der Waals surface area contributed by atoms with Crippen molar-refractivity contribution in [1.82, 2.24) is 24.1 Å². The Hall–Kier alpha value is -9.59. The van der Waals surface area contributed by atoms with Crippen LogP contribution in [0.3, 0.4) is 0 Å². The van der Waals surface area contributed by atoms with Gasteiger partial charge in [-0.1, -0.05) is 127 Å². The molecular formula is C63H37N5O2. The van der Waals surface area contributed by atoms with Gasteiger partial charge in [-0.3, -0.25) is 0 Å². The molecule has 0 aliphatic heterocycles. The number of furan rings is 2. The molecule has 0 radical (unpaired) electrons. The molecule has 15 rings (SSSR count). The quantitative estimate of drug-likeness (QED) is 0.166. The molecule has 0 fully saturated rings. The van der Waals surface area contributed by atoms with Crippen LogP contribution >= 0.6 is 0 Å². The zero-order valence-corrected chi connectivity index (χ0v) is 37.4. The van der Waals surface area contributed by atoms with Gasteiger partial charge in [-0.05, 0) is 108 Å². The van der Waals surface area contributed by atoms with E-state index in [4.69, 9.17) is 23.8 Å². The molecule has 0 N–H and O–H groups in total. The van der Waals surface area contributed by atoms with Gasteiger partial charge in [-0.15, -0.1) is 0 Å². The number of hydrogen-bond acceptors (Lipinski definition) is 5. The Kier molecular flexibility index (Phi) is 8.23. The van der Waals surface area contributed by atoms with E-state index in [1.54, 1.807) is 0 Å². The van der Waals surface area contributed by atoms with Crippen molar-refractivity contribution in [1.29, 1.82) is 0 Å². The van der Waals surface area contributed by atoms with Crippen LogP contribution in [0.1, 0.15) is 0 Å². The highest BCUT2D eigenvalue weighted by atomic mass is 16.3. The summed E-state index contributed by atoms with van der Waals surface area (Å²) in [5, 5.41) is 9.05. The molecule has 0 bridgehead atoms. The van der Waals surface area contributed by atoms with Gasteiger partial charge in [-0.2, -0.15) is 0 Å². The van der Waals surface area contributed by atoms with Gasteiger partial charge < -0.3 is 18.0 Å². The van der Waals surface area contributed by atoms with Crippen LogP contribution in [0.25, 0.3) is 144 Å². The minimum absolute atomic E-state index is 0.601. The maximum atomic E-state index is 6.49. The van der Waals surface area contributed by atoms with E-state index in [1.807, 2.05) is 84.9 Å². The molecule has 0 atom stereocenters. The Bertz CT molecular complexity index is 4540. The minimum Gasteiger partial charge on any atom is -0.456 e. The van der Waals surface area contributed by atoms with Crippen LogP contribution in [0.15, 0.2) is 233 Å². The average Bonchev–Trinajstić information content (AvgIpc) is 4.18. The van der Waals surface area contributed by atoms with Crippen LogP contribution in [0.2, 0.25) is 0 Å². The molecule has 0 saturated heterocycles. The number of nitrogens with zero attached hydrogens (tertiary/aromatic N) is 5. The number of para-hydroxylation sites is 3. The molecule has 7 nitrogen and oxygen atoms in total. The summed E-state index contributed by atoms with van der Waals surface area (Å²) in [6.07, 6.45) is 0. The SMILES string of the molecule is c1ccc(-c2nc(-c3ccccc3)nc(-c3ccc4oc5ccc(-n6c7ccccc7c7cc(-c8ccc9c(c8)c8ccccc8n9-c8ccc9oc%10ccccc%10c9c8)ccc76)cc5c4c3)n2)cc1. The number of benzene rings is 10. The molecule has 5 aromatic heterocycles. The Morgan fingerprint density at radius 3 is 1.16 bits per heavy atom. The van der Waals surface area contributed by atoms with E-state index in [0.29, 0.717) is 17.5 Å². The molecule has 7 heteroatoms. The second-order valence-corrected chi connectivity index (χ2v) is 18.0. The smallest absolute Gasteiger partial charge is 0.164 e. The maximum absolute atomic E-state index is 6.49. The lowest BCUT2D eigenvalue weighted by molar-refractivity contribution is 0.668. The molecule has 0 spiro atoms. The lowest BCUT2D eigenvalue weighted by atomic mass is 10.0. The van der Waals surface area contributed by atoms with Crippen molar-refractivity contribution in [2.75, 3.05) is 0 Å². The van der Waals surface area contributed by atoms with E-state index in [-0.39, 0.29) is 0 Å². The molecule has 326 valence electrons. The fourth-order valence-electron chi connectivity index (χ4n) is 10.7. The summed E-state index contributed by atoms with van der Waals surface area (Å²) < 4.78 is 17.4. The Balaban J connectivity index is 0.844. The van der Waals surface area contributed by atoms with Crippen LogP contribution in [0.4, 0.5) is 0 Å². The first-order valence-electron chi connectivity index (χ1n) is 23.5. The number of aromatic nitrogens is 5. The van der Waals surface area contributed by atoms with Crippen molar-refractivity contribution in [3.8, 4) is 56.7 Å². The monoisotopic (exact) mass is 895 g/mol. The van der Waals surface area contributed by atoms with E-state index in [2.05, 4.69) is 149 Å². The third-order valence-corrected chi connectivity index (χ3v) is 14.0. The first kappa shape index (κ1) is 38.5. The van der Waals surface area contributed by atoms with Crippen molar-refractivity contribution in [3.05, 3.63) is 224 Å². The second kappa shape index (κ2) is 15.0. The highest BCUT2D eigenvalue weighted by molar-refractivity contribution is 6.14. The largest absolute Gasteiger partial charge is 0.456 e. The van der Waals surface area contributed by atoms with Gasteiger partial charge in [0.15, 0.2) is 17.5 Å². The van der Waals surface area contributed by atoms with Gasteiger partial charge in [0.2, 0.25) is 0 Å². The van der Waals surface area contributed by atoms with Crippen LogP contribution in [0, 0.1) is 0 Å². The summed E-state index contributed by atoms with van der Waals surface area (Å²) in [5.74, 6) is 1.85. The van der Waals surface area contributed by atoms with E-state index in [1.165, 1.54) is 27.1 Å². The summed E-state index contributed by atoms with van der Waals surface area (Å²) >= 11 is 0. The summed E-state index contributed by atoms with van der Waals surface area (Å²) in [6, 6.07) is 78.8. The summed E-state index contributed by atoms with van der Waals surface area (Å²) in [5.41, 5.74) is 15.2. The fraction of sp³-hybridized carbons (Fsp3) is 0.